The number of amides is 1. The van der Waals surface area contributed by atoms with Gasteiger partial charge in [0.1, 0.15) is 0 Å². The molecule has 0 atom stereocenters. The van der Waals surface area contributed by atoms with Gasteiger partial charge in [-0.05, 0) is 24.3 Å². The summed E-state index contributed by atoms with van der Waals surface area (Å²) in [6.07, 6.45) is 1.04. The Morgan fingerprint density at radius 1 is 1.30 bits per heavy atom. The van der Waals surface area contributed by atoms with Gasteiger partial charge in [-0.15, -0.1) is 11.3 Å². The zero-order valence-corrected chi connectivity index (χ0v) is 14.7. The van der Waals surface area contributed by atoms with E-state index in [2.05, 4.69) is 10.3 Å². The maximum absolute atomic E-state index is 12.0. The van der Waals surface area contributed by atoms with Crippen molar-refractivity contribution < 1.29 is 9.90 Å². The summed E-state index contributed by atoms with van der Waals surface area (Å²) in [6.45, 7) is 6.77. The molecule has 1 heterocycles. The Balaban J connectivity index is 1.89. The zero-order valence-electron chi connectivity index (χ0n) is 13.9. The topological polar surface area (TPSA) is 62.2 Å². The molecule has 0 radical (unpaired) electrons. The lowest BCUT2D eigenvalue weighted by Gasteiger charge is -2.23. The van der Waals surface area contributed by atoms with E-state index in [4.69, 9.17) is 5.11 Å². The molecule has 0 saturated heterocycles. The fourth-order valence-corrected chi connectivity index (χ4v) is 2.89. The van der Waals surface area contributed by atoms with E-state index in [9.17, 15) is 4.79 Å². The van der Waals surface area contributed by atoms with Gasteiger partial charge in [0.15, 0.2) is 0 Å². The fraction of sp³-hybridized carbons (Fsp3) is 0.444. The molecule has 1 aromatic carbocycles. The molecular weight excluding hydrogens is 308 g/mol. The number of rotatable bonds is 7. The van der Waals surface area contributed by atoms with E-state index in [0.717, 1.165) is 21.8 Å². The molecule has 124 valence electrons. The first-order valence-corrected chi connectivity index (χ1v) is 8.66. The minimum absolute atomic E-state index is 0.00766. The van der Waals surface area contributed by atoms with Crippen molar-refractivity contribution >= 4 is 17.2 Å². The Labute approximate surface area is 141 Å². The van der Waals surface area contributed by atoms with Crippen LogP contribution in [0.2, 0.25) is 0 Å². The minimum Gasteiger partial charge on any atom is -0.396 e. The van der Waals surface area contributed by atoms with Crippen molar-refractivity contribution in [1.29, 1.82) is 0 Å². The fourth-order valence-electron chi connectivity index (χ4n) is 2.27. The number of carbonyl (C=O) groups is 1. The van der Waals surface area contributed by atoms with Crippen molar-refractivity contribution in [3.8, 4) is 11.3 Å². The maximum atomic E-state index is 12.0. The summed E-state index contributed by atoms with van der Waals surface area (Å²) in [5.41, 5.74) is 2.95. The molecular formula is C18H24N2O2S. The van der Waals surface area contributed by atoms with Crippen LogP contribution in [0, 0.1) is 12.3 Å². The Bertz CT molecular complexity index is 647. The van der Waals surface area contributed by atoms with Crippen LogP contribution >= 0.6 is 11.3 Å². The lowest BCUT2D eigenvalue weighted by molar-refractivity contribution is -0.120. The first-order valence-electron chi connectivity index (χ1n) is 7.79. The highest BCUT2D eigenvalue weighted by Gasteiger charge is 2.18. The van der Waals surface area contributed by atoms with Crippen LogP contribution < -0.4 is 5.32 Å². The maximum Gasteiger partial charge on any atom is 0.224 e. The third-order valence-electron chi connectivity index (χ3n) is 3.79. The van der Waals surface area contributed by atoms with Crippen molar-refractivity contribution in [2.24, 2.45) is 5.41 Å². The Hall–Kier alpha value is -1.72. The Morgan fingerprint density at radius 3 is 2.57 bits per heavy atom. The molecule has 4 nitrogen and oxygen atoms in total. The molecule has 23 heavy (non-hydrogen) atoms. The lowest BCUT2D eigenvalue weighted by Crippen LogP contribution is -2.35. The van der Waals surface area contributed by atoms with Gasteiger partial charge >= 0.3 is 0 Å². The number of thiazole rings is 1. The second kappa shape index (κ2) is 7.70. The average molecular weight is 332 g/mol. The molecule has 0 fully saturated rings. The standard InChI is InChI=1S/C18H24N2O2S/c1-13-20-16(11-23-13)15-6-4-14(5-7-15)10-17(22)19-12-18(2,3)8-9-21/h4-7,11,21H,8-10,12H2,1-3H3,(H,19,22). The molecule has 0 bridgehead atoms. The molecule has 0 aliphatic rings. The van der Waals surface area contributed by atoms with Crippen LogP contribution in [0.1, 0.15) is 30.8 Å². The van der Waals surface area contributed by atoms with E-state index in [1.54, 1.807) is 11.3 Å². The highest BCUT2D eigenvalue weighted by molar-refractivity contribution is 7.09. The van der Waals surface area contributed by atoms with Crippen molar-refractivity contribution in [3.63, 3.8) is 0 Å². The third-order valence-corrected chi connectivity index (χ3v) is 4.56. The first kappa shape index (κ1) is 17.6. The van der Waals surface area contributed by atoms with Crippen LogP contribution in [0.4, 0.5) is 0 Å². The predicted molar refractivity (Wildman–Crippen MR) is 94.5 cm³/mol. The third kappa shape index (κ3) is 5.44. The largest absolute Gasteiger partial charge is 0.396 e. The van der Waals surface area contributed by atoms with Crippen molar-refractivity contribution in [2.75, 3.05) is 13.2 Å². The number of aromatic nitrogens is 1. The van der Waals surface area contributed by atoms with Crippen LogP contribution in [0.25, 0.3) is 11.3 Å². The highest BCUT2D eigenvalue weighted by atomic mass is 32.1. The van der Waals surface area contributed by atoms with Crippen molar-refractivity contribution in [2.45, 2.75) is 33.6 Å². The van der Waals surface area contributed by atoms with Gasteiger partial charge in [0.25, 0.3) is 0 Å². The summed E-state index contributed by atoms with van der Waals surface area (Å²) in [5, 5.41) is 15.0. The molecule has 0 aliphatic heterocycles. The van der Waals surface area contributed by atoms with Crippen LogP contribution in [-0.4, -0.2) is 29.1 Å². The molecule has 5 heteroatoms. The Kier molecular flexibility index (Phi) is 5.91. The number of hydrogen-bond donors (Lipinski definition) is 2. The van der Waals surface area contributed by atoms with Crippen LogP contribution in [0.5, 0.6) is 0 Å². The number of aliphatic hydroxyl groups excluding tert-OH is 1. The lowest BCUT2D eigenvalue weighted by atomic mass is 9.89. The number of hydrogen-bond acceptors (Lipinski definition) is 4. The molecule has 2 N–H and O–H groups in total. The van der Waals surface area contributed by atoms with Gasteiger partial charge in [-0.25, -0.2) is 4.98 Å². The van der Waals surface area contributed by atoms with E-state index in [-0.39, 0.29) is 17.9 Å². The van der Waals surface area contributed by atoms with Crippen molar-refractivity contribution in [1.82, 2.24) is 10.3 Å². The summed E-state index contributed by atoms with van der Waals surface area (Å²) in [4.78, 5) is 16.5. The van der Waals surface area contributed by atoms with Crippen LogP contribution in [0.15, 0.2) is 29.6 Å². The van der Waals surface area contributed by atoms with Gasteiger partial charge in [0, 0.05) is 24.1 Å². The molecule has 0 aliphatic carbocycles. The van der Waals surface area contributed by atoms with E-state index in [0.29, 0.717) is 19.4 Å². The van der Waals surface area contributed by atoms with Gasteiger partial charge in [-0.3, -0.25) is 4.79 Å². The van der Waals surface area contributed by atoms with E-state index >= 15 is 0 Å². The van der Waals surface area contributed by atoms with Gasteiger partial charge in [0.2, 0.25) is 5.91 Å². The molecule has 0 saturated carbocycles. The van der Waals surface area contributed by atoms with E-state index in [1.165, 1.54) is 0 Å². The Morgan fingerprint density at radius 2 is 2.00 bits per heavy atom. The normalized spacial score (nSPS) is 11.5. The molecule has 2 aromatic rings. The average Bonchev–Trinajstić information content (AvgIpc) is 2.93. The number of carbonyl (C=O) groups excluding carboxylic acids is 1. The molecule has 0 spiro atoms. The second-order valence-electron chi connectivity index (χ2n) is 6.54. The molecule has 1 aromatic heterocycles. The van der Waals surface area contributed by atoms with E-state index in [1.807, 2.05) is 50.4 Å². The van der Waals surface area contributed by atoms with Crippen LogP contribution in [0.3, 0.4) is 0 Å². The number of aryl methyl sites for hydroxylation is 1. The van der Waals surface area contributed by atoms with Crippen molar-refractivity contribution in [3.05, 3.63) is 40.2 Å². The molecule has 1 amide bonds. The second-order valence-corrected chi connectivity index (χ2v) is 7.60. The zero-order chi connectivity index (χ0) is 16.9. The summed E-state index contributed by atoms with van der Waals surface area (Å²) in [7, 11) is 0. The van der Waals surface area contributed by atoms with E-state index < -0.39 is 0 Å². The van der Waals surface area contributed by atoms with Crippen LogP contribution in [-0.2, 0) is 11.2 Å². The van der Waals surface area contributed by atoms with Gasteiger partial charge in [-0.1, -0.05) is 38.1 Å². The number of benzene rings is 1. The number of aliphatic hydroxyl groups is 1. The summed E-state index contributed by atoms with van der Waals surface area (Å²) < 4.78 is 0. The van der Waals surface area contributed by atoms with Gasteiger partial charge in [0.05, 0.1) is 17.1 Å². The monoisotopic (exact) mass is 332 g/mol. The van der Waals surface area contributed by atoms with Gasteiger partial charge in [-0.2, -0.15) is 0 Å². The highest BCUT2D eigenvalue weighted by Crippen LogP contribution is 2.22. The van der Waals surface area contributed by atoms with Gasteiger partial charge < -0.3 is 10.4 Å². The molecule has 2 rings (SSSR count). The smallest absolute Gasteiger partial charge is 0.224 e. The number of nitrogens with zero attached hydrogens (tertiary/aromatic N) is 1. The predicted octanol–water partition coefficient (Wildman–Crippen LogP) is 3.19. The minimum atomic E-state index is -0.0866. The summed E-state index contributed by atoms with van der Waals surface area (Å²) >= 11 is 1.63. The first-order chi connectivity index (χ1) is 10.9. The SMILES string of the molecule is Cc1nc(-c2ccc(CC(=O)NCC(C)(C)CCO)cc2)cs1. The summed E-state index contributed by atoms with van der Waals surface area (Å²) in [6, 6.07) is 7.96. The summed E-state index contributed by atoms with van der Waals surface area (Å²) in [5.74, 6) is 0.00766. The quantitative estimate of drug-likeness (QED) is 0.818. The number of nitrogens with one attached hydrogen (secondary N) is 1. The molecule has 0 unspecified atom stereocenters.